The third kappa shape index (κ3) is 4.04. The van der Waals surface area contributed by atoms with Crippen LogP contribution in [0.3, 0.4) is 0 Å². The summed E-state index contributed by atoms with van der Waals surface area (Å²) in [5.74, 6) is -0.0690. The average Bonchev–Trinajstić information content (AvgIpc) is 2.73. The van der Waals surface area contributed by atoms with Gasteiger partial charge in [0.05, 0.1) is 11.9 Å². The molecule has 0 bridgehead atoms. The van der Waals surface area contributed by atoms with Gasteiger partial charge in [-0.15, -0.1) is 0 Å². The highest BCUT2D eigenvalue weighted by atomic mass is 32.2. The van der Waals surface area contributed by atoms with Crippen molar-refractivity contribution in [2.75, 3.05) is 14.1 Å². The van der Waals surface area contributed by atoms with Crippen LogP contribution in [0, 0.1) is 12.8 Å². The van der Waals surface area contributed by atoms with Crippen LogP contribution in [0.25, 0.3) is 0 Å². The zero-order valence-electron chi connectivity index (χ0n) is 12.5. The summed E-state index contributed by atoms with van der Waals surface area (Å²) < 4.78 is 27.1. The number of aryl methyl sites for hydroxylation is 1. The number of aromatic nitrogens is 2. The molecule has 1 atom stereocenters. The lowest BCUT2D eigenvalue weighted by Crippen LogP contribution is -2.46. The predicted molar refractivity (Wildman–Crippen MR) is 75.6 cm³/mol. The molecule has 1 unspecified atom stereocenters. The van der Waals surface area contributed by atoms with E-state index in [1.54, 1.807) is 21.0 Å². The molecule has 0 spiro atoms. The predicted octanol–water partition coefficient (Wildman–Crippen LogP) is 0.499. The maximum atomic E-state index is 12.3. The molecule has 20 heavy (non-hydrogen) atoms. The first-order valence-corrected chi connectivity index (χ1v) is 7.87. The Morgan fingerprint density at radius 2 is 2.05 bits per heavy atom. The van der Waals surface area contributed by atoms with Crippen molar-refractivity contribution in [3.8, 4) is 0 Å². The van der Waals surface area contributed by atoms with E-state index in [4.69, 9.17) is 0 Å². The molecule has 0 fully saturated rings. The van der Waals surface area contributed by atoms with E-state index < -0.39 is 16.1 Å². The number of carbonyl (C=O) groups is 1. The van der Waals surface area contributed by atoms with Crippen LogP contribution in [0.2, 0.25) is 0 Å². The molecular formula is C12H22N4O3S. The monoisotopic (exact) mass is 302 g/mol. The van der Waals surface area contributed by atoms with Crippen molar-refractivity contribution >= 4 is 15.9 Å². The van der Waals surface area contributed by atoms with Crippen LogP contribution >= 0.6 is 0 Å². The highest BCUT2D eigenvalue weighted by molar-refractivity contribution is 7.89. The molecule has 0 saturated heterocycles. The Labute approximate surface area is 119 Å². The van der Waals surface area contributed by atoms with Crippen molar-refractivity contribution in [3.63, 3.8) is 0 Å². The van der Waals surface area contributed by atoms with Crippen molar-refractivity contribution in [1.29, 1.82) is 0 Å². The number of hydrogen-bond donors (Lipinski definition) is 2. The molecule has 1 rings (SSSR count). The van der Waals surface area contributed by atoms with Crippen LogP contribution in [-0.2, 0) is 14.8 Å². The van der Waals surface area contributed by atoms with Crippen molar-refractivity contribution in [3.05, 3.63) is 11.9 Å². The Bertz CT molecular complexity index is 563. The summed E-state index contributed by atoms with van der Waals surface area (Å²) in [7, 11) is -0.554. The lowest BCUT2D eigenvalue weighted by molar-refractivity contribution is -0.130. The van der Waals surface area contributed by atoms with E-state index >= 15 is 0 Å². The highest BCUT2D eigenvalue weighted by Crippen LogP contribution is 2.14. The Kier molecular flexibility index (Phi) is 5.29. The Morgan fingerprint density at radius 3 is 2.45 bits per heavy atom. The normalized spacial score (nSPS) is 13.5. The van der Waals surface area contributed by atoms with Crippen molar-refractivity contribution in [2.45, 2.75) is 38.1 Å². The molecule has 8 heteroatoms. The first-order chi connectivity index (χ1) is 9.15. The Morgan fingerprint density at radius 1 is 1.45 bits per heavy atom. The van der Waals surface area contributed by atoms with Crippen LogP contribution in [0.1, 0.15) is 26.0 Å². The van der Waals surface area contributed by atoms with Gasteiger partial charge >= 0.3 is 0 Å². The Hall–Kier alpha value is -1.41. The minimum absolute atomic E-state index is 0.0674. The summed E-state index contributed by atoms with van der Waals surface area (Å²) in [6.45, 7) is 5.49. The first-order valence-electron chi connectivity index (χ1n) is 6.38. The van der Waals surface area contributed by atoms with Crippen molar-refractivity contribution < 1.29 is 13.2 Å². The molecule has 0 radical (unpaired) electrons. The van der Waals surface area contributed by atoms with E-state index in [9.17, 15) is 13.2 Å². The molecule has 1 amide bonds. The van der Waals surface area contributed by atoms with E-state index in [0.717, 1.165) is 0 Å². The molecule has 0 saturated carbocycles. The van der Waals surface area contributed by atoms with Gasteiger partial charge in [-0.05, 0) is 19.3 Å². The third-order valence-electron chi connectivity index (χ3n) is 2.82. The number of carbonyl (C=O) groups excluding carboxylic acids is 1. The van der Waals surface area contributed by atoms with Crippen molar-refractivity contribution in [2.24, 2.45) is 5.92 Å². The van der Waals surface area contributed by atoms with Crippen LogP contribution in [0.15, 0.2) is 11.1 Å². The number of hydrogen-bond acceptors (Lipinski definition) is 4. The van der Waals surface area contributed by atoms with Gasteiger partial charge in [0.25, 0.3) is 0 Å². The molecule has 0 aliphatic rings. The minimum atomic E-state index is -3.76. The van der Waals surface area contributed by atoms with Gasteiger partial charge in [0.15, 0.2) is 0 Å². The molecule has 0 aromatic carbocycles. The smallest absolute Gasteiger partial charge is 0.244 e. The van der Waals surface area contributed by atoms with Gasteiger partial charge in [0.2, 0.25) is 15.9 Å². The standard InChI is InChI=1S/C12H22N4O3S/c1-8(2)6-10(12(17)16(4)5)15-20(18,19)11-7-13-14-9(11)3/h7-8,10,15H,6H2,1-5H3,(H,13,14). The number of nitrogens with zero attached hydrogens (tertiary/aromatic N) is 2. The maximum Gasteiger partial charge on any atom is 0.244 e. The zero-order chi connectivity index (χ0) is 15.5. The van der Waals surface area contributed by atoms with Crippen LogP contribution in [0.5, 0.6) is 0 Å². The quantitative estimate of drug-likeness (QED) is 0.800. The lowest BCUT2D eigenvalue weighted by Gasteiger charge is -2.22. The van der Waals surface area contributed by atoms with Gasteiger partial charge in [0.1, 0.15) is 10.9 Å². The second-order valence-electron chi connectivity index (χ2n) is 5.40. The Balaban J connectivity index is 3.00. The topological polar surface area (TPSA) is 95.2 Å². The fourth-order valence-electron chi connectivity index (χ4n) is 1.84. The molecule has 0 aliphatic heterocycles. The van der Waals surface area contributed by atoms with Gasteiger partial charge in [0, 0.05) is 14.1 Å². The second-order valence-corrected chi connectivity index (χ2v) is 7.08. The summed E-state index contributed by atoms with van der Waals surface area (Å²) in [5.41, 5.74) is 0.443. The van der Waals surface area contributed by atoms with E-state index in [1.807, 2.05) is 13.8 Å². The number of H-pyrrole nitrogens is 1. The fourth-order valence-corrected chi connectivity index (χ4v) is 3.18. The summed E-state index contributed by atoms with van der Waals surface area (Å²) in [5, 5.41) is 6.27. The molecule has 114 valence electrons. The molecule has 1 aromatic rings. The molecule has 7 nitrogen and oxygen atoms in total. The van der Waals surface area contributed by atoms with Gasteiger partial charge in [-0.1, -0.05) is 13.8 Å². The summed E-state index contributed by atoms with van der Waals surface area (Å²) in [4.78, 5) is 13.5. The highest BCUT2D eigenvalue weighted by Gasteiger charge is 2.28. The number of nitrogens with one attached hydrogen (secondary N) is 2. The summed E-state index contributed by atoms with van der Waals surface area (Å²) >= 11 is 0. The van der Waals surface area contributed by atoms with Gasteiger partial charge in [-0.25, -0.2) is 8.42 Å². The van der Waals surface area contributed by atoms with Gasteiger partial charge < -0.3 is 4.90 Å². The molecule has 1 aromatic heterocycles. The first kappa shape index (κ1) is 16.6. The number of amides is 1. The number of sulfonamides is 1. The fraction of sp³-hybridized carbons (Fsp3) is 0.667. The van der Waals surface area contributed by atoms with Crippen molar-refractivity contribution in [1.82, 2.24) is 19.8 Å². The number of aromatic amines is 1. The van der Waals surface area contributed by atoms with E-state index in [2.05, 4.69) is 14.9 Å². The lowest BCUT2D eigenvalue weighted by atomic mass is 10.0. The van der Waals surface area contributed by atoms with Gasteiger partial charge in [-0.3, -0.25) is 9.89 Å². The summed E-state index contributed by atoms with van der Waals surface area (Å²) in [6, 6.07) is -0.774. The second kappa shape index (κ2) is 6.36. The van der Waals surface area contributed by atoms with E-state index in [-0.39, 0.29) is 16.7 Å². The largest absolute Gasteiger partial charge is 0.347 e. The number of rotatable bonds is 6. The molecular weight excluding hydrogens is 280 g/mol. The third-order valence-corrected chi connectivity index (χ3v) is 4.40. The molecule has 0 aliphatic carbocycles. The van der Waals surface area contributed by atoms with Crippen LogP contribution < -0.4 is 4.72 Å². The molecule has 1 heterocycles. The average molecular weight is 302 g/mol. The SMILES string of the molecule is Cc1[nH]ncc1S(=O)(=O)NC(CC(C)C)C(=O)N(C)C. The summed E-state index contributed by atoms with van der Waals surface area (Å²) in [6.07, 6.45) is 1.68. The number of likely N-dealkylation sites (N-methyl/N-ethyl adjacent to an activating group) is 1. The maximum absolute atomic E-state index is 12.3. The van der Waals surface area contributed by atoms with E-state index in [1.165, 1.54) is 11.1 Å². The van der Waals surface area contributed by atoms with Crippen LogP contribution in [-0.4, -0.2) is 49.6 Å². The van der Waals surface area contributed by atoms with Crippen LogP contribution in [0.4, 0.5) is 0 Å². The van der Waals surface area contributed by atoms with E-state index in [0.29, 0.717) is 12.1 Å². The van der Waals surface area contributed by atoms with Gasteiger partial charge in [-0.2, -0.15) is 9.82 Å². The molecule has 2 N–H and O–H groups in total. The zero-order valence-corrected chi connectivity index (χ0v) is 13.3. The minimum Gasteiger partial charge on any atom is -0.347 e.